The van der Waals surface area contributed by atoms with Gasteiger partial charge in [0.1, 0.15) is 5.00 Å². The molecule has 21 heavy (non-hydrogen) atoms. The second-order valence-electron chi connectivity index (χ2n) is 5.33. The zero-order valence-electron chi connectivity index (χ0n) is 12.1. The van der Waals surface area contributed by atoms with E-state index in [4.69, 9.17) is 27.5 Å². The van der Waals surface area contributed by atoms with Crippen LogP contribution in [0.15, 0.2) is 42.8 Å². The molecular weight excluding hydrogens is 290 g/mol. The highest BCUT2D eigenvalue weighted by Crippen LogP contribution is 2.34. The fourth-order valence-electron chi connectivity index (χ4n) is 2.48. The lowest BCUT2D eigenvalue weighted by atomic mass is 9.87. The van der Waals surface area contributed by atoms with Gasteiger partial charge in [0.15, 0.2) is 0 Å². The molecule has 0 saturated carbocycles. The third kappa shape index (κ3) is 3.39. The summed E-state index contributed by atoms with van der Waals surface area (Å²) in [5, 5.41) is 18.3. The highest BCUT2D eigenvalue weighted by molar-refractivity contribution is 6.26. The summed E-state index contributed by atoms with van der Waals surface area (Å²) in [5.74, 6) is 0. The van der Waals surface area contributed by atoms with E-state index < -0.39 is 10.5 Å². The third-order valence-electron chi connectivity index (χ3n) is 3.74. The van der Waals surface area contributed by atoms with Crippen molar-refractivity contribution < 1.29 is 10.2 Å². The first kappa shape index (κ1) is 16.3. The molecule has 1 heterocycles. The number of nitrogens with two attached hydrogens (primary N) is 1. The number of hydrogen-bond donors (Lipinski definition) is 3. The molecule has 0 unspecified atom stereocenters. The second-order valence-corrected chi connectivity index (χ2v) is 5.93. The van der Waals surface area contributed by atoms with E-state index in [1.54, 1.807) is 4.90 Å². The fourth-order valence-corrected chi connectivity index (χ4v) is 2.77. The first-order valence-electron chi connectivity index (χ1n) is 6.91. The molecule has 0 aliphatic heterocycles. The molecule has 4 N–H and O–H groups in total. The number of alkyl halides is 1. The van der Waals surface area contributed by atoms with Gasteiger partial charge in [0, 0.05) is 32.5 Å². The first-order chi connectivity index (χ1) is 9.93. The maximum absolute atomic E-state index is 9.13. The molecule has 1 aliphatic carbocycles. The smallest absolute Gasteiger partial charge is 0.134 e. The lowest BCUT2D eigenvalue weighted by Gasteiger charge is -2.38. The molecular formula is C15H22ClN3O2. The molecule has 5 nitrogen and oxygen atoms in total. The van der Waals surface area contributed by atoms with Gasteiger partial charge in [0.25, 0.3) is 0 Å². The van der Waals surface area contributed by atoms with E-state index in [1.165, 1.54) is 0 Å². The summed E-state index contributed by atoms with van der Waals surface area (Å²) in [4.78, 5) is 0.926. The molecule has 6 heteroatoms. The Balaban J connectivity index is 2.22. The molecule has 0 bridgehead atoms. The van der Waals surface area contributed by atoms with Crippen molar-refractivity contribution in [3.63, 3.8) is 0 Å². The van der Waals surface area contributed by atoms with Gasteiger partial charge in [-0.2, -0.15) is 0 Å². The van der Waals surface area contributed by atoms with E-state index in [2.05, 4.69) is 0 Å². The van der Waals surface area contributed by atoms with Gasteiger partial charge in [-0.1, -0.05) is 23.8 Å². The first-order valence-corrected chi connectivity index (χ1v) is 7.29. The summed E-state index contributed by atoms with van der Waals surface area (Å²) >= 11 is 6.59. The number of aromatic nitrogens is 1. The van der Waals surface area contributed by atoms with Crippen LogP contribution in [0.1, 0.15) is 5.56 Å². The predicted octanol–water partition coefficient (Wildman–Crippen LogP) is 0.527. The largest absolute Gasteiger partial charge is 0.395 e. The molecule has 0 atom stereocenters. The van der Waals surface area contributed by atoms with Crippen LogP contribution in [0.4, 0.5) is 0 Å². The molecule has 2 rings (SSSR count). The predicted molar refractivity (Wildman–Crippen MR) is 83.9 cm³/mol. The maximum atomic E-state index is 9.13. The zero-order valence-corrected chi connectivity index (χ0v) is 12.9. The Bertz CT molecular complexity index is 519. The highest BCUT2D eigenvalue weighted by atomic mass is 35.5. The van der Waals surface area contributed by atoms with Crippen LogP contribution in [0.25, 0.3) is 0 Å². The van der Waals surface area contributed by atoms with Crippen molar-refractivity contribution in [1.29, 1.82) is 0 Å². The molecule has 0 spiro atoms. The molecule has 1 aromatic heterocycles. The summed E-state index contributed by atoms with van der Waals surface area (Å²) in [6.45, 7) is 0.703. The van der Waals surface area contributed by atoms with Gasteiger partial charge in [-0.05, 0) is 23.8 Å². The van der Waals surface area contributed by atoms with E-state index in [0.717, 1.165) is 5.56 Å². The zero-order chi connectivity index (χ0) is 15.5. The molecule has 0 amide bonds. The van der Waals surface area contributed by atoms with E-state index in [1.807, 2.05) is 54.4 Å². The van der Waals surface area contributed by atoms with Crippen molar-refractivity contribution in [2.24, 2.45) is 12.8 Å². The number of nitrogens with zero attached hydrogens (tertiary/aromatic N) is 2. The Morgan fingerprint density at radius 2 is 1.76 bits per heavy atom. The maximum Gasteiger partial charge on any atom is 0.134 e. The quantitative estimate of drug-likeness (QED) is 0.407. The summed E-state index contributed by atoms with van der Waals surface area (Å²) < 4.78 is 1.94. The molecule has 116 valence electrons. The monoisotopic (exact) mass is 311 g/mol. The SMILES string of the molecule is Cn1ccc(C2(N)C=CC(Cl)(N(CCO)CCO)C=C2)c1. The minimum atomic E-state index is -0.872. The van der Waals surface area contributed by atoms with E-state index in [0.29, 0.717) is 13.1 Å². The Labute approximate surface area is 129 Å². The number of hydrogen-bond acceptors (Lipinski definition) is 4. The van der Waals surface area contributed by atoms with Crippen molar-refractivity contribution in [2.45, 2.75) is 10.5 Å². The molecule has 1 aliphatic rings. The number of aliphatic hydroxyl groups is 2. The molecule has 1 aromatic rings. The van der Waals surface area contributed by atoms with Crippen molar-refractivity contribution in [3.8, 4) is 0 Å². The van der Waals surface area contributed by atoms with E-state index >= 15 is 0 Å². The van der Waals surface area contributed by atoms with Crippen LogP contribution in [0.5, 0.6) is 0 Å². The summed E-state index contributed by atoms with van der Waals surface area (Å²) in [6.07, 6.45) is 11.3. The Morgan fingerprint density at radius 1 is 1.19 bits per heavy atom. The van der Waals surface area contributed by atoms with Gasteiger partial charge in [-0.15, -0.1) is 0 Å². The van der Waals surface area contributed by atoms with Crippen molar-refractivity contribution >= 4 is 11.6 Å². The minimum Gasteiger partial charge on any atom is -0.395 e. The van der Waals surface area contributed by atoms with E-state index in [9.17, 15) is 0 Å². The Kier molecular flexibility index (Phi) is 4.91. The van der Waals surface area contributed by atoms with Crippen molar-refractivity contribution in [2.75, 3.05) is 26.3 Å². The van der Waals surface area contributed by atoms with Crippen LogP contribution in [0, 0.1) is 0 Å². The van der Waals surface area contributed by atoms with Gasteiger partial charge >= 0.3 is 0 Å². The van der Waals surface area contributed by atoms with Crippen LogP contribution < -0.4 is 5.73 Å². The summed E-state index contributed by atoms with van der Waals surface area (Å²) in [7, 11) is 1.94. The van der Waals surface area contributed by atoms with Crippen LogP contribution in [0.3, 0.4) is 0 Å². The lowest BCUT2D eigenvalue weighted by molar-refractivity contribution is 0.138. The van der Waals surface area contributed by atoms with Crippen LogP contribution in [-0.4, -0.2) is 51.0 Å². The van der Waals surface area contributed by atoms with Crippen molar-refractivity contribution in [1.82, 2.24) is 9.47 Å². The topological polar surface area (TPSA) is 74.7 Å². The minimum absolute atomic E-state index is 0.0252. The number of aliphatic hydroxyl groups excluding tert-OH is 2. The molecule has 0 fully saturated rings. The van der Waals surface area contributed by atoms with Gasteiger partial charge in [-0.3, -0.25) is 4.90 Å². The molecule has 0 aromatic carbocycles. The van der Waals surface area contributed by atoms with Gasteiger partial charge < -0.3 is 20.5 Å². The van der Waals surface area contributed by atoms with Gasteiger partial charge in [-0.25, -0.2) is 0 Å². The molecule has 0 saturated heterocycles. The molecule has 0 radical (unpaired) electrons. The van der Waals surface area contributed by atoms with Crippen molar-refractivity contribution in [3.05, 3.63) is 48.3 Å². The van der Waals surface area contributed by atoms with Crippen LogP contribution in [-0.2, 0) is 12.6 Å². The summed E-state index contributed by atoms with van der Waals surface area (Å²) in [6, 6.07) is 1.97. The van der Waals surface area contributed by atoms with Gasteiger partial charge in [0.05, 0.1) is 18.8 Å². The Hall–Kier alpha value is -1.11. The van der Waals surface area contributed by atoms with Crippen LogP contribution >= 0.6 is 11.6 Å². The standard InChI is InChI=1S/C15H22ClN3O2/c1-18-7-2-13(12-18)14(17)3-5-15(16,6-4-14)19(8-10-20)9-11-21/h2-7,12,20-21H,8-11,17H2,1H3. The van der Waals surface area contributed by atoms with Gasteiger partial charge in [0.2, 0.25) is 0 Å². The third-order valence-corrected chi connectivity index (χ3v) is 4.23. The highest BCUT2D eigenvalue weighted by Gasteiger charge is 2.35. The van der Waals surface area contributed by atoms with E-state index in [-0.39, 0.29) is 13.2 Å². The number of aryl methyl sites for hydroxylation is 1. The average molecular weight is 312 g/mol. The Morgan fingerprint density at radius 3 is 2.19 bits per heavy atom. The normalized spacial score (nSPS) is 28.5. The average Bonchev–Trinajstić information content (AvgIpc) is 2.90. The van der Waals surface area contributed by atoms with Crippen LogP contribution in [0.2, 0.25) is 0 Å². The fraction of sp³-hybridized carbons (Fsp3) is 0.467. The summed E-state index contributed by atoms with van der Waals surface area (Å²) in [5.41, 5.74) is 6.69. The number of halogens is 1. The number of rotatable bonds is 6. The second kappa shape index (κ2) is 6.34. The lowest BCUT2D eigenvalue weighted by Crippen LogP contribution is -2.47.